The fraction of sp³-hybridized carbons (Fsp3) is 0.444. The molecule has 0 aliphatic carbocycles. The molecule has 7 rings (SSSR count). The van der Waals surface area contributed by atoms with Crippen LogP contribution in [0.3, 0.4) is 0 Å². The number of cyclic esters (lactones) is 1. The van der Waals surface area contributed by atoms with Crippen molar-refractivity contribution in [2.45, 2.75) is 62.7 Å². The van der Waals surface area contributed by atoms with Crippen molar-refractivity contribution in [3.8, 4) is 0 Å². The molecule has 1 N–H and O–H groups in total. The Kier molecular flexibility index (Phi) is 9.35. The molecule has 3 aromatic rings. The number of hydrogen-bond donors (Lipinski definition) is 1. The topological polar surface area (TPSA) is 147 Å². The molecule has 4 aliphatic heterocycles. The average molecular weight is 748 g/mol. The summed E-state index contributed by atoms with van der Waals surface area (Å²) in [6.07, 6.45) is 4.60. The summed E-state index contributed by atoms with van der Waals surface area (Å²) >= 11 is 3.60. The number of carbonyl (C=O) groups excluding carboxylic acids is 4. The Hall–Kier alpha value is -4.40. The SMILES string of the molecule is C[C@H]1[C@H](c2ccccc2)OC(=O)[C@H]2[C@@H]3O[C@@]4(C=C3Br)[C@@H]2C(=O)N(CCCO)[C@@H]4C(=O)N(Cn2nnc3ccccc32)C/C=C\CCC(=O)N1C. The Balaban J connectivity index is 1.32. The number of likely N-dealkylation sites (tertiary alicyclic amines) is 1. The Morgan fingerprint density at radius 3 is 2.54 bits per heavy atom. The van der Waals surface area contributed by atoms with Crippen molar-refractivity contribution in [2.24, 2.45) is 11.8 Å². The second-order valence-corrected chi connectivity index (χ2v) is 14.2. The van der Waals surface area contributed by atoms with Crippen LogP contribution in [0, 0.1) is 11.8 Å². The minimum atomic E-state index is -1.47. The average Bonchev–Trinajstić information content (AvgIpc) is 3.84. The minimum absolute atomic E-state index is 0.0146. The van der Waals surface area contributed by atoms with E-state index in [1.807, 2.05) is 73.7 Å². The quantitative estimate of drug-likeness (QED) is 0.297. The number of aliphatic hydroxyl groups is 1. The van der Waals surface area contributed by atoms with Crippen LogP contribution in [-0.2, 0) is 35.3 Å². The summed E-state index contributed by atoms with van der Waals surface area (Å²) in [5, 5.41) is 18.3. The van der Waals surface area contributed by atoms with Crippen molar-refractivity contribution >= 4 is 50.7 Å². The van der Waals surface area contributed by atoms with E-state index < -0.39 is 59.5 Å². The van der Waals surface area contributed by atoms with Crippen LogP contribution in [0.1, 0.15) is 37.9 Å². The van der Waals surface area contributed by atoms with Gasteiger partial charge in [0.15, 0.2) is 0 Å². The number of hydrogen-bond acceptors (Lipinski definition) is 9. The molecule has 5 bridgehead atoms. The highest BCUT2D eigenvalue weighted by atomic mass is 79.9. The number of fused-ring (bicyclic) bond motifs is 3. The molecule has 1 spiro atoms. The van der Waals surface area contributed by atoms with E-state index in [0.29, 0.717) is 22.0 Å². The van der Waals surface area contributed by atoms with Crippen molar-refractivity contribution in [3.63, 3.8) is 0 Å². The molecule has 262 valence electrons. The van der Waals surface area contributed by atoms with Crippen LogP contribution in [-0.4, -0.2) is 109 Å². The first kappa shape index (κ1) is 34.1. The molecule has 0 unspecified atom stereocenters. The molecule has 4 aliphatic rings. The van der Waals surface area contributed by atoms with Gasteiger partial charge in [0.1, 0.15) is 42.0 Å². The summed E-state index contributed by atoms with van der Waals surface area (Å²) in [7, 11) is 1.69. The highest BCUT2D eigenvalue weighted by Gasteiger charge is 2.75. The second kappa shape index (κ2) is 13.7. The standard InChI is InChI=1S/C36H39BrN6O7/c1-22-30(23-12-5-3-6-13-23)49-35(48)28-29-33(46)42(18-11-19-44)32(36(29)20-24(37)31(28)50-36)34(47)41(17-10-4-7-16-27(45)40(22)2)21-43-26-15-9-8-14-25(26)38-39-43/h3-6,8-10,12-15,20,22,28-32,44H,7,11,16-19,21H2,1-2H3/b10-4-/t22-,28+,29-,30+,31+,32+,36-/m0/s1. The molecule has 2 fully saturated rings. The molecular formula is C36H39BrN6O7. The number of carbonyl (C=O) groups is 4. The van der Waals surface area contributed by atoms with Crippen molar-refractivity contribution in [1.29, 1.82) is 0 Å². The Bertz CT molecular complexity index is 1870. The summed E-state index contributed by atoms with van der Waals surface area (Å²) in [5.41, 5.74) is 0.614. The van der Waals surface area contributed by atoms with Gasteiger partial charge in [-0.25, -0.2) is 4.68 Å². The Labute approximate surface area is 297 Å². The maximum Gasteiger partial charge on any atom is 0.313 e. The van der Waals surface area contributed by atoms with E-state index in [2.05, 4.69) is 26.2 Å². The van der Waals surface area contributed by atoms with Gasteiger partial charge in [0.05, 0.1) is 17.5 Å². The lowest BCUT2D eigenvalue weighted by molar-refractivity contribution is -0.164. The molecule has 0 saturated carbocycles. The van der Waals surface area contributed by atoms with Crippen LogP contribution < -0.4 is 0 Å². The molecule has 2 aromatic carbocycles. The summed E-state index contributed by atoms with van der Waals surface area (Å²) < 4.78 is 15.1. The van der Waals surface area contributed by atoms with Gasteiger partial charge in [-0.05, 0) is 43.5 Å². The van der Waals surface area contributed by atoms with Crippen LogP contribution >= 0.6 is 15.9 Å². The normalized spacial score (nSPS) is 31.0. The summed E-state index contributed by atoms with van der Waals surface area (Å²) in [6.45, 7) is 1.87. The zero-order valence-electron chi connectivity index (χ0n) is 27.8. The van der Waals surface area contributed by atoms with Gasteiger partial charge in [-0.2, -0.15) is 0 Å². The zero-order chi connectivity index (χ0) is 35.2. The molecule has 1 aromatic heterocycles. The van der Waals surface area contributed by atoms with E-state index in [9.17, 15) is 24.3 Å². The number of aliphatic hydroxyl groups excluding tert-OH is 1. The van der Waals surface area contributed by atoms with Gasteiger partial charge in [-0.15, -0.1) is 5.10 Å². The van der Waals surface area contributed by atoms with E-state index in [0.717, 1.165) is 5.52 Å². The lowest BCUT2D eigenvalue weighted by atomic mass is 9.74. The largest absolute Gasteiger partial charge is 0.455 e. The van der Waals surface area contributed by atoms with Gasteiger partial charge < -0.3 is 29.3 Å². The Morgan fingerprint density at radius 2 is 1.76 bits per heavy atom. The van der Waals surface area contributed by atoms with Gasteiger partial charge >= 0.3 is 5.97 Å². The van der Waals surface area contributed by atoms with Crippen molar-refractivity contribution in [2.75, 3.05) is 26.7 Å². The lowest BCUT2D eigenvalue weighted by Crippen LogP contribution is -2.56. The van der Waals surface area contributed by atoms with E-state index in [1.54, 1.807) is 27.6 Å². The molecule has 50 heavy (non-hydrogen) atoms. The minimum Gasteiger partial charge on any atom is -0.455 e. The first-order chi connectivity index (χ1) is 24.2. The molecule has 0 radical (unpaired) electrons. The fourth-order valence-electron chi connectivity index (χ4n) is 7.75. The van der Waals surface area contributed by atoms with Crippen LogP contribution in [0.2, 0.25) is 0 Å². The lowest BCUT2D eigenvalue weighted by Gasteiger charge is -2.35. The van der Waals surface area contributed by atoms with Crippen LogP contribution in [0.5, 0.6) is 0 Å². The first-order valence-corrected chi connectivity index (χ1v) is 17.7. The monoisotopic (exact) mass is 746 g/mol. The molecule has 13 nitrogen and oxygen atoms in total. The number of para-hydroxylation sites is 1. The van der Waals surface area contributed by atoms with E-state index in [4.69, 9.17) is 9.47 Å². The third-order valence-electron chi connectivity index (χ3n) is 10.4. The number of allylic oxidation sites excluding steroid dienone is 1. The van der Waals surface area contributed by atoms with Crippen LogP contribution in [0.25, 0.3) is 11.0 Å². The molecule has 14 heteroatoms. The van der Waals surface area contributed by atoms with Gasteiger partial charge in [-0.1, -0.05) is 75.8 Å². The number of aromatic nitrogens is 3. The summed E-state index contributed by atoms with van der Waals surface area (Å²) in [4.78, 5) is 61.8. The molecule has 7 atom stereocenters. The number of rotatable bonds is 6. The predicted molar refractivity (Wildman–Crippen MR) is 184 cm³/mol. The van der Waals surface area contributed by atoms with Gasteiger partial charge in [0, 0.05) is 37.6 Å². The summed E-state index contributed by atoms with van der Waals surface area (Å²) in [6, 6.07) is 14.9. The van der Waals surface area contributed by atoms with Crippen molar-refractivity contribution in [1.82, 2.24) is 29.7 Å². The number of halogens is 1. The third kappa shape index (κ3) is 5.72. The van der Waals surface area contributed by atoms with Crippen molar-refractivity contribution in [3.05, 3.63) is 82.9 Å². The number of likely N-dealkylation sites (N-methyl/N-ethyl adjacent to an activating group) is 1. The smallest absolute Gasteiger partial charge is 0.313 e. The maximum atomic E-state index is 14.9. The van der Waals surface area contributed by atoms with Crippen molar-refractivity contribution < 1.29 is 33.8 Å². The maximum absolute atomic E-state index is 14.9. The highest BCUT2D eigenvalue weighted by molar-refractivity contribution is 9.11. The number of benzene rings is 2. The summed E-state index contributed by atoms with van der Waals surface area (Å²) in [5.74, 6) is -3.75. The first-order valence-electron chi connectivity index (χ1n) is 16.9. The molecule has 5 heterocycles. The van der Waals surface area contributed by atoms with Crippen LogP contribution in [0.15, 0.2) is 77.3 Å². The molecule has 2 saturated heterocycles. The van der Waals surface area contributed by atoms with Gasteiger partial charge in [0.2, 0.25) is 11.8 Å². The predicted octanol–water partition coefficient (Wildman–Crippen LogP) is 2.95. The molecule has 3 amide bonds. The number of esters is 1. The van der Waals surface area contributed by atoms with E-state index >= 15 is 0 Å². The third-order valence-corrected chi connectivity index (χ3v) is 11.0. The zero-order valence-corrected chi connectivity index (χ0v) is 29.4. The molecular weight excluding hydrogens is 708 g/mol. The van der Waals surface area contributed by atoms with Gasteiger partial charge in [-0.3, -0.25) is 19.2 Å². The number of amides is 3. The van der Waals surface area contributed by atoms with E-state index in [1.165, 1.54) is 4.90 Å². The van der Waals surface area contributed by atoms with Gasteiger partial charge in [0.25, 0.3) is 5.91 Å². The fourth-order valence-corrected chi connectivity index (χ4v) is 8.48. The second-order valence-electron chi connectivity index (χ2n) is 13.2. The number of nitrogens with zero attached hydrogens (tertiary/aromatic N) is 6. The highest BCUT2D eigenvalue weighted by Crippen LogP contribution is 2.59. The number of ether oxygens (including phenoxy) is 2. The Morgan fingerprint density at radius 1 is 1.00 bits per heavy atom. The van der Waals surface area contributed by atoms with E-state index in [-0.39, 0.29) is 45.1 Å². The van der Waals surface area contributed by atoms with Crippen LogP contribution in [0.4, 0.5) is 0 Å².